The van der Waals surface area contributed by atoms with Gasteiger partial charge in [0.2, 0.25) is 0 Å². The molecule has 0 radical (unpaired) electrons. The number of morpholine rings is 1. The minimum atomic E-state index is -0.486. The first-order valence-corrected chi connectivity index (χ1v) is 10.9. The van der Waals surface area contributed by atoms with Crippen LogP contribution < -0.4 is 10.5 Å². The van der Waals surface area contributed by atoms with Crippen molar-refractivity contribution in [1.29, 1.82) is 0 Å². The van der Waals surface area contributed by atoms with Gasteiger partial charge in [-0.2, -0.15) is 9.78 Å². The second kappa shape index (κ2) is 8.92. The standard InChI is InChI=1S/C26H22N4O4/c1-2-18-6-5-7-19(16-18)25-21-8-3-4-9-22(21)26(31)29(27-25)24-17-20(10-11-23(24)30(32)33)28-12-14-34-15-13-28/h2-11,16-17H,1,12-15H2. The normalized spacial score (nSPS) is 13.7. The molecule has 2 heterocycles. The largest absolute Gasteiger partial charge is 0.378 e. The fraction of sp³-hybridized carbons (Fsp3) is 0.154. The lowest BCUT2D eigenvalue weighted by atomic mass is 10.0. The molecular weight excluding hydrogens is 432 g/mol. The van der Waals surface area contributed by atoms with E-state index in [4.69, 9.17) is 4.74 Å². The van der Waals surface area contributed by atoms with Crippen LogP contribution in [0.25, 0.3) is 33.8 Å². The smallest absolute Gasteiger partial charge is 0.295 e. The van der Waals surface area contributed by atoms with Crippen LogP contribution in [0.1, 0.15) is 5.56 Å². The van der Waals surface area contributed by atoms with Crippen LogP contribution in [0.3, 0.4) is 0 Å². The number of nitro groups is 1. The lowest BCUT2D eigenvalue weighted by Gasteiger charge is -2.29. The zero-order chi connectivity index (χ0) is 23.7. The van der Waals surface area contributed by atoms with Gasteiger partial charge in [0.05, 0.1) is 29.2 Å². The van der Waals surface area contributed by atoms with Crippen LogP contribution in [-0.2, 0) is 4.74 Å². The van der Waals surface area contributed by atoms with Gasteiger partial charge in [-0.25, -0.2) is 0 Å². The van der Waals surface area contributed by atoms with Gasteiger partial charge in [0, 0.05) is 35.8 Å². The topological polar surface area (TPSA) is 90.5 Å². The van der Waals surface area contributed by atoms with Gasteiger partial charge in [-0.3, -0.25) is 14.9 Å². The number of hydrogen-bond acceptors (Lipinski definition) is 6. The predicted molar refractivity (Wildman–Crippen MR) is 133 cm³/mol. The highest BCUT2D eigenvalue weighted by atomic mass is 16.6. The molecule has 170 valence electrons. The van der Waals surface area contributed by atoms with E-state index < -0.39 is 10.5 Å². The van der Waals surface area contributed by atoms with Crippen molar-refractivity contribution in [2.45, 2.75) is 0 Å². The summed E-state index contributed by atoms with van der Waals surface area (Å²) in [6.45, 7) is 6.30. The van der Waals surface area contributed by atoms with Gasteiger partial charge in [-0.05, 0) is 29.8 Å². The predicted octanol–water partition coefficient (Wildman–Crippen LogP) is 4.44. The number of nitrogens with zero attached hydrogens (tertiary/aromatic N) is 4. The molecule has 0 atom stereocenters. The number of hydrogen-bond donors (Lipinski definition) is 0. The van der Waals surface area contributed by atoms with Gasteiger partial charge in [-0.15, -0.1) is 0 Å². The van der Waals surface area contributed by atoms with Crippen LogP contribution in [0.5, 0.6) is 0 Å². The quantitative estimate of drug-likeness (QED) is 0.327. The summed E-state index contributed by atoms with van der Waals surface area (Å²) >= 11 is 0. The zero-order valence-electron chi connectivity index (χ0n) is 18.4. The minimum absolute atomic E-state index is 0.130. The third-order valence-corrected chi connectivity index (χ3v) is 5.96. The van der Waals surface area contributed by atoms with E-state index in [9.17, 15) is 14.9 Å². The molecule has 0 unspecified atom stereocenters. The van der Waals surface area contributed by atoms with Gasteiger partial charge in [-0.1, -0.05) is 49.1 Å². The Morgan fingerprint density at radius 1 is 1.00 bits per heavy atom. The van der Waals surface area contributed by atoms with Crippen molar-refractivity contribution in [3.8, 4) is 16.9 Å². The second-order valence-corrected chi connectivity index (χ2v) is 7.97. The molecule has 3 aromatic carbocycles. The summed E-state index contributed by atoms with van der Waals surface area (Å²) in [5.74, 6) is 0. The summed E-state index contributed by atoms with van der Waals surface area (Å²) in [5, 5.41) is 17.7. The number of nitro benzene ring substituents is 1. The molecule has 1 aliphatic heterocycles. The summed E-state index contributed by atoms with van der Waals surface area (Å²) in [5.41, 5.74) is 2.56. The Kier molecular flexibility index (Phi) is 5.65. The molecule has 0 amide bonds. The fourth-order valence-corrected chi connectivity index (χ4v) is 4.23. The molecule has 0 saturated carbocycles. The molecule has 1 aliphatic rings. The van der Waals surface area contributed by atoms with E-state index in [2.05, 4.69) is 16.6 Å². The van der Waals surface area contributed by atoms with Gasteiger partial charge in [0.1, 0.15) is 5.69 Å². The Bertz CT molecular complexity index is 1470. The Morgan fingerprint density at radius 2 is 1.76 bits per heavy atom. The first-order chi connectivity index (χ1) is 16.6. The molecule has 8 heteroatoms. The average Bonchev–Trinajstić information content (AvgIpc) is 2.89. The number of benzene rings is 3. The summed E-state index contributed by atoms with van der Waals surface area (Å²) in [6, 6.07) is 19.6. The highest BCUT2D eigenvalue weighted by Crippen LogP contribution is 2.31. The van der Waals surface area contributed by atoms with Crippen LogP contribution in [0.4, 0.5) is 11.4 Å². The monoisotopic (exact) mass is 454 g/mol. The van der Waals surface area contributed by atoms with Crippen molar-refractivity contribution < 1.29 is 9.66 Å². The van der Waals surface area contributed by atoms with Crippen molar-refractivity contribution in [1.82, 2.24) is 9.78 Å². The molecule has 0 aliphatic carbocycles. The van der Waals surface area contributed by atoms with Gasteiger partial charge < -0.3 is 9.64 Å². The lowest BCUT2D eigenvalue weighted by molar-refractivity contribution is -0.384. The molecule has 1 fully saturated rings. The summed E-state index contributed by atoms with van der Waals surface area (Å²) in [6.07, 6.45) is 1.73. The van der Waals surface area contributed by atoms with Gasteiger partial charge in [0.25, 0.3) is 11.2 Å². The molecule has 1 saturated heterocycles. The first-order valence-electron chi connectivity index (χ1n) is 10.9. The van der Waals surface area contributed by atoms with Crippen molar-refractivity contribution in [2.24, 2.45) is 0 Å². The number of ether oxygens (including phenoxy) is 1. The number of rotatable bonds is 5. The number of aromatic nitrogens is 2. The average molecular weight is 454 g/mol. The maximum absolute atomic E-state index is 13.5. The van der Waals surface area contributed by atoms with E-state index in [1.54, 1.807) is 30.3 Å². The molecular formula is C26H22N4O4. The van der Waals surface area contributed by atoms with Crippen LogP contribution in [0.15, 0.2) is 78.1 Å². The summed E-state index contributed by atoms with van der Waals surface area (Å²) in [7, 11) is 0. The van der Waals surface area contributed by atoms with E-state index >= 15 is 0 Å². The molecule has 4 aromatic rings. The fourth-order valence-electron chi connectivity index (χ4n) is 4.23. The van der Waals surface area contributed by atoms with Crippen molar-refractivity contribution in [3.63, 3.8) is 0 Å². The number of anilines is 1. The molecule has 0 N–H and O–H groups in total. The summed E-state index contributed by atoms with van der Waals surface area (Å²) in [4.78, 5) is 27.0. The highest BCUT2D eigenvalue weighted by Gasteiger charge is 2.23. The molecule has 0 bridgehead atoms. The Balaban J connectivity index is 1.78. The molecule has 34 heavy (non-hydrogen) atoms. The van der Waals surface area contributed by atoms with Crippen molar-refractivity contribution in [3.05, 3.63) is 99.3 Å². The molecule has 0 spiro atoms. The maximum Gasteiger partial charge on any atom is 0.295 e. The maximum atomic E-state index is 13.5. The zero-order valence-corrected chi connectivity index (χ0v) is 18.4. The minimum Gasteiger partial charge on any atom is -0.378 e. The Morgan fingerprint density at radius 3 is 2.50 bits per heavy atom. The number of fused-ring (bicyclic) bond motifs is 1. The van der Waals surface area contributed by atoms with Gasteiger partial charge in [0.15, 0.2) is 0 Å². The van der Waals surface area contributed by atoms with E-state index in [-0.39, 0.29) is 11.4 Å². The van der Waals surface area contributed by atoms with E-state index in [1.807, 2.05) is 36.4 Å². The van der Waals surface area contributed by atoms with E-state index in [0.717, 1.165) is 21.5 Å². The van der Waals surface area contributed by atoms with Crippen LogP contribution >= 0.6 is 0 Å². The lowest BCUT2D eigenvalue weighted by Crippen LogP contribution is -2.36. The first kappa shape index (κ1) is 21.5. The molecule has 5 rings (SSSR count). The molecule has 8 nitrogen and oxygen atoms in total. The second-order valence-electron chi connectivity index (χ2n) is 7.97. The van der Waals surface area contributed by atoms with Crippen molar-refractivity contribution >= 4 is 28.2 Å². The Labute approximate surface area is 195 Å². The van der Waals surface area contributed by atoms with Gasteiger partial charge >= 0.3 is 0 Å². The SMILES string of the molecule is C=Cc1cccc(-c2nn(-c3cc(N4CCOCC4)ccc3[N+](=O)[O-])c(=O)c3ccccc23)c1. The van der Waals surface area contributed by atoms with E-state index in [0.29, 0.717) is 42.8 Å². The summed E-state index contributed by atoms with van der Waals surface area (Å²) < 4.78 is 6.58. The third kappa shape index (κ3) is 3.84. The Hall–Kier alpha value is -4.30. The highest BCUT2D eigenvalue weighted by molar-refractivity contribution is 5.94. The molecule has 1 aromatic heterocycles. The van der Waals surface area contributed by atoms with E-state index in [1.165, 1.54) is 6.07 Å². The van der Waals surface area contributed by atoms with Crippen LogP contribution in [0.2, 0.25) is 0 Å². The third-order valence-electron chi connectivity index (χ3n) is 5.96. The van der Waals surface area contributed by atoms with Crippen LogP contribution in [0, 0.1) is 10.1 Å². The van der Waals surface area contributed by atoms with Crippen molar-refractivity contribution in [2.75, 3.05) is 31.2 Å². The van der Waals surface area contributed by atoms with Crippen LogP contribution in [-0.4, -0.2) is 41.0 Å².